The molecule has 1 aromatic carbocycles. The maximum absolute atomic E-state index is 10.8. The van der Waals surface area contributed by atoms with Crippen LogP contribution in [-0.2, 0) is 4.74 Å². The molecule has 1 aromatic heterocycles. The van der Waals surface area contributed by atoms with E-state index in [0.29, 0.717) is 0 Å². The highest BCUT2D eigenvalue weighted by molar-refractivity contribution is 5.88. The smallest absolute Gasteiger partial charge is 0.335 e. The van der Waals surface area contributed by atoms with Crippen LogP contribution in [0.1, 0.15) is 35.8 Å². The van der Waals surface area contributed by atoms with Crippen LogP contribution < -0.4 is 0 Å². The molecule has 0 radical (unpaired) electrons. The minimum absolute atomic E-state index is 0.0239. The highest BCUT2D eigenvalue weighted by Gasteiger charge is 2.16. The predicted octanol–water partition coefficient (Wildman–Crippen LogP) is 2.95. The van der Waals surface area contributed by atoms with Gasteiger partial charge in [-0.3, -0.25) is 0 Å². The zero-order valence-corrected chi connectivity index (χ0v) is 11.0. The third-order valence-electron chi connectivity index (χ3n) is 3.52. The highest BCUT2D eigenvalue weighted by atomic mass is 16.5. The molecule has 104 valence electrons. The van der Waals surface area contributed by atoms with Crippen LogP contribution in [0.3, 0.4) is 0 Å². The summed E-state index contributed by atoms with van der Waals surface area (Å²) in [5.41, 5.74) is 2.21. The van der Waals surface area contributed by atoms with Gasteiger partial charge < -0.3 is 9.84 Å². The summed E-state index contributed by atoms with van der Waals surface area (Å²) in [5.74, 6) is -0.914. The maximum atomic E-state index is 10.8. The number of aromatic nitrogens is 2. The molecule has 20 heavy (non-hydrogen) atoms. The molecule has 1 atom stereocenters. The van der Waals surface area contributed by atoms with Crippen LogP contribution in [0.4, 0.5) is 0 Å². The van der Waals surface area contributed by atoms with Crippen molar-refractivity contribution < 1.29 is 14.6 Å². The van der Waals surface area contributed by atoms with E-state index >= 15 is 0 Å². The number of carboxylic acids is 1. The van der Waals surface area contributed by atoms with E-state index in [1.54, 1.807) is 30.5 Å². The number of aromatic carboxylic acids is 1. The van der Waals surface area contributed by atoms with Crippen molar-refractivity contribution in [2.75, 3.05) is 6.61 Å². The Balaban J connectivity index is 1.80. The summed E-state index contributed by atoms with van der Waals surface area (Å²) < 4.78 is 7.53. The second-order valence-electron chi connectivity index (χ2n) is 4.91. The van der Waals surface area contributed by atoms with Gasteiger partial charge in [0.15, 0.2) is 0 Å². The highest BCUT2D eigenvalue weighted by Crippen LogP contribution is 2.25. The van der Waals surface area contributed by atoms with Crippen molar-refractivity contribution >= 4 is 5.97 Å². The molecule has 5 heteroatoms. The van der Waals surface area contributed by atoms with Gasteiger partial charge in [-0.1, -0.05) is 12.1 Å². The minimum Gasteiger partial charge on any atom is -0.478 e. The maximum Gasteiger partial charge on any atom is 0.335 e. The average Bonchev–Trinajstić information content (AvgIpc) is 2.98. The van der Waals surface area contributed by atoms with E-state index in [1.165, 1.54) is 0 Å². The summed E-state index contributed by atoms with van der Waals surface area (Å²) in [5, 5.41) is 13.2. The number of carboxylic acid groups (broad SMARTS) is 1. The number of hydrogen-bond donors (Lipinski definition) is 1. The quantitative estimate of drug-likeness (QED) is 0.933. The van der Waals surface area contributed by atoms with Gasteiger partial charge >= 0.3 is 5.97 Å². The van der Waals surface area contributed by atoms with E-state index in [2.05, 4.69) is 5.10 Å². The van der Waals surface area contributed by atoms with Crippen LogP contribution in [0, 0.1) is 0 Å². The van der Waals surface area contributed by atoms with Crippen molar-refractivity contribution in [3.63, 3.8) is 0 Å². The van der Waals surface area contributed by atoms with E-state index in [0.717, 1.165) is 37.0 Å². The van der Waals surface area contributed by atoms with Gasteiger partial charge in [-0.2, -0.15) is 5.10 Å². The van der Waals surface area contributed by atoms with Crippen LogP contribution in [-0.4, -0.2) is 27.5 Å². The molecule has 1 saturated heterocycles. The number of ether oxygens (including phenoxy) is 1. The Morgan fingerprint density at radius 2 is 2.05 bits per heavy atom. The summed E-state index contributed by atoms with van der Waals surface area (Å²) in [6.45, 7) is 0.785. The largest absolute Gasteiger partial charge is 0.478 e. The zero-order valence-electron chi connectivity index (χ0n) is 11.0. The molecule has 2 aromatic rings. The first kappa shape index (κ1) is 12.9. The second kappa shape index (κ2) is 5.46. The SMILES string of the molecule is O=C(O)c1ccc(-c2cnn(C3CCCCO3)c2)cc1. The lowest BCUT2D eigenvalue weighted by Gasteiger charge is -2.22. The van der Waals surface area contributed by atoms with Gasteiger partial charge in [0.05, 0.1) is 11.8 Å². The van der Waals surface area contributed by atoms with Gasteiger partial charge in [-0.05, 0) is 37.0 Å². The van der Waals surface area contributed by atoms with Crippen molar-refractivity contribution in [2.24, 2.45) is 0 Å². The van der Waals surface area contributed by atoms with Crippen molar-refractivity contribution in [3.05, 3.63) is 42.2 Å². The lowest BCUT2D eigenvalue weighted by Crippen LogP contribution is -2.18. The number of nitrogens with zero attached hydrogens (tertiary/aromatic N) is 2. The lowest BCUT2D eigenvalue weighted by molar-refractivity contribution is -0.0394. The normalized spacial score (nSPS) is 18.9. The second-order valence-corrected chi connectivity index (χ2v) is 4.91. The topological polar surface area (TPSA) is 64.3 Å². The van der Waals surface area contributed by atoms with Crippen LogP contribution in [0.5, 0.6) is 0 Å². The van der Waals surface area contributed by atoms with Crippen LogP contribution in [0.2, 0.25) is 0 Å². The summed E-state index contributed by atoms with van der Waals surface area (Å²) >= 11 is 0. The van der Waals surface area contributed by atoms with E-state index in [-0.39, 0.29) is 11.8 Å². The van der Waals surface area contributed by atoms with Gasteiger partial charge in [0.25, 0.3) is 0 Å². The van der Waals surface area contributed by atoms with Crippen molar-refractivity contribution in [1.82, 2.24) is 9.78 Å². The van der Waals surface area contributed by atoms with Gasteiger partial charge in [-0.25, -0.2) is 9.48 Å². The molecule has 1 fully saturated rings. The molecule has 0 saturated carbocycles. The van der Waals surface area contributed by atoms with E-state index in [9.17, 15) is 4.79 Å². The summed E-state index contributed by atoms with van der Waals surface area (Å²) in [7, 11) is 0. The predicted molar refractivity (Wildman–Crippen MR) is 73.5 cm³/mol. The van der Waals surface area contributed by atoms with Gasteiger partial charge in [0.2, 0.25) is 0 Å². The summed E-state index contributed by atoms with van der Waals surface area (Å²) in [4.78, 5) is 10.8. The Morgan fingerprint density at radius 1 is 1.25 bits per heavy atom. The molecular weight excluding hydrogens is 256 g/mol. The van der Waals surface area contributed by atoms with Gasteiger partial charge in [0, 0.05) is 18.4 Å². The van der Waals surface area contributed by atoms with Crippen molar-refractivity contribution in [2.45, 2.75) is 25.5 Å². The average molecular weight is 272 g/mol. The number of carbonyl (C=O) groups is 1. The first-order chi connectivity index (χ1) is 9.74. The first-order valence-electron chi connectivity index (χ1n) is 6.73. The fraction of sp³-hybridized carbons (Fsp3) is 0.333. The standard InChI is InChI=1S/C15H16N2O3/c18-15(19)12-6-4-11(5-7-12)13-9-16-17(10-13)14-3-1-2-8-20-14/h4-7,9-10,14H,1-3,8H2,(H,18,19). The molecule has 3 rings (SSSR count). The lowest BCUT2D eigenvalue weighted by atomic mass is 10.1. The van der Waals surface area contributed by atoms with Crippen molar-refractivity contribution in [3.8, 4) is 11.1 Å². The number of benzene rings is 1. The molecule has 1 unspecified atom stereocenters. The third-order valence-corrected chi connectivity index (χ3v) is 3.52. The van der Waals surface area contributed by atoms with Crippen LogP contribution in [0.15, 0.2) is 36.7 Å². The van der Waals surface area contributed by atoms with Crippen molar-refractivity contribution in [1.29, 1.82) is 0 Å². The zero-order chi connectivity index (χ0) is 13.9. The summed E-state index contributed by atoms with van der Waals surface area (Å²) in [6.07, 6.45) is 7.02. The fourth-order valence-corrected chi connectivity index (χ4v) is 2.38. The van der Waals surface area contributed by atoms with Gasteiger partial charge in [-0.15, -0.1) is 0 Å². The van der Waals surface area contributed by atoms with Crippen LogP contribution >= 0.6 is 0 Å². The Morgan fingerprint density at radius 3 is 2.70 bits per heavy atom. The Bertz CT molecular complexity index is 598. The Hall–Kier alpha value is -2.14. The Kier molecular flexibility index (Phi) is 3.52. The molecule has 1 aliphatic rings. The molecular formula is C15H16N2O3. The molecule has 2 heterocycles. The first-order valence-corrected chi connectivity index (χ1v) is 6.73. The van der Waals surface area contributed by atoms with Gasteiger partial charge in [0.1, 0.15) is 6.23 Å². The number of hydrogen-bond acceptors (Lipinski definition) is 3. The number of rotatable bonds is 3. The molecule has 1 aliphatic heterocycles. The van der Waals surface area contributed by atoms with E-state index in [4.69, 9.17) is 9.84 Å². The third kappa shape index (κ3) is 2.58. The fourth-order valence-electron chi connectivity index (χ4n) is 2.38. The molecule has 0 amide bonds. The Labute approximate surface area is 116 Å². The summed E-state index contributed by atoms with van der Waals surface area (Å²) in [6, 6.07) is 6.80. The molecule has 0 spiro atoms. The molecule has 5 nitrogen and oxygen atoms in total. The van der Waals surface area contributed by atoms with E-state index < -0.39 is 5.97 Å². The van der Waals surface area contributed by atoms with Crippen LogP contribution in [0.25, 0.3) is 11.1 Å². The van der Waals surface area contributed by atoms with E-state index in [1.807, 2.05) is 10.9 Å². The molecule has 0 bridgehead atoms. The molecule has 1 N–H and O–H groups in total. The minimum atomic E-state index is -0.914. The molecule has 0 aliphatic carbocycles. The monoisotopic (exact) mass is 272 g/mol.